The van der Waals surface area contributed by atoms with Crippen LogP contribution in [0.25, 0.3) is 0 Å². The average Bonchev–Trinajstić information content (AvgIpc) is 2.76. The predicted molar refractivity (Wildman–Crippen MR) is 113 cm³/mol. The molecule has 32 heavy (non-hydrogen) atoms. The fourth-order valence-electron chi connectivity index (χ4n) is 4.20. The average molecular weight is 444 g/mol. The quantitative estimate of drug-likeness (QED) is 0.603. The molecule has 1 heterocycles. The number of carbonyl (C=O) groups excluding carboxylic acids is 1. The molecule has 1 fully saturated rings. The molecule has 8 nitrogen and oxygen atoms in total. The molecule has 2 aromatic rings. The summed E-state index contributed by atoms with van der Waals surface area (Å²) in [6.45, 7) is 1.62. The maximum Gasteiger partial charge on any atom is 0.337 e. The number of halogens is 1. The fourth-order valence-corrected chi connectivity index (χ4v) is 4.20. The minimum absolute atomic E-state index is 0.0617. The van der Waals surface area contributed by atoms with Crippen molar-refractivity contribution in [3.8, 4) is 0 Å². The molecule has 1 aromatic heterocycles. The van der Waals surface area contributed by atoms with Crippen LogP contribution < -0.4 is 10.9 Å². The molecule has 0 radical (unpaired) electrons. The lowest BCUT2D eigenvalue weighted by Crippen LogP contribution is -2.56. The number of carbonyl (C=O) groups is 3. The summed E-state index contributed by atoms with van der Waals surface area (Å²) >= 11 is 0. The normalized spacial score (nSPS) is 15.2. The molecule has 1 saturated carbocycles. The van der Waals surface area contributed by atoms with Crippen LogP contribution in [0, 0.1) is 5.82 Å². The third-order valence-corrected chi connectivity index (χ3v) is 5.93. The van der Waals surface area contributed by atoms with Gasteiger partial charge in [0.15, 0.2) is 0 Å². The number of amides is 1. The minimum atomic E-state index is -1.49. The Kier molecular flexibility index (Phi) is 6.76. The number of nitrogens with zero attached hydrogens (tertiary/aromatic N) is 1. The number of pyridine rings is 1. The van der Waals surface area contributed by atoms with Gasteiger partial charge >= 0.3 is 11.9 Å². The first-order valence-electron chi connectivity index (χ1n) is 10.5. The van der Waals surface area contributed by atoms with Crippen LogP contribution in [-0.4, -0.2) is 38.2 Å². The molecule has 0 spiro atoms. The highest BCUT2D eigenvalue weighted by molar-refractivity contribution is 6.00. The molecule has 0 aliphatic heterocycles. The zero-order valence-corrected chi connectivity index (χ0v) is 17.7. The van der Waals surface area contributed by atoms with Crippen molar-refractivity contribution < 1.29 is 29.0 Å². The molecule has 9 heteroatoms. The van der Waals surface area contributed by atoms with Crippen molar-refractivity contribution in [2.75, 3.05) is 0 Å². The molecule has 1 aromatic carbocycles. The van der Waals surface area contributed by atoms with Crippen molar-refractivity contribution in [1.29, 1.82) is 0 Å². The number of benzene rings is 1. The Bertz CT molecular complexity index is 1100. The van der Waals surface area contributed by atoms with Crippen molar-refractivity contribution in [2.45, 2.75) is 57.5 Å². The second-order valence-electron chi connectivity index (χ2n) is 8.00. The first-order chi connectivity index (χ1) is 15.2. The highest BCUT2D eigenvalue weighted by Crippen LogP contribution is 2.29. The number of aromatic nitrogens is 1. The van der Waals surface area contributed by atoms with Gasteiger partial charge in [-0.1, -0.05) is 38.3 Å². The molecule has 0 atom stereocenters. The molecule has 3 N–H and O–H groups in total. The van der Waals surface area contributed by atoms with E-state index in [-0.39, 0.29) is 37.1 Å². The van der Waals surface area contributed by atoms with Gasteiger partial charge in [0.1, 0.15) is 16.9 Å². The van der Waals surface area contributed by atoms with Gasteiger partial charge in [-0.2, -0.15) is 0 Å². The zero-order valence-electron chi connectivity index (χ0n) is 17.7. The summed E-state index contributed by atoms with van der Waals surface area (Å²) in [6.07, 6.45) is 2.77. The summed E-state index contributed by atoms with van der Waals surface area (Å²) < 4.78 is 14.4. The lowest BCUT2D eigenvalue weighted by Gasteiger charge is -2.34. The Balaban J connectivity index is 2.09. The van der Waals surface area contributed by atoms with E-state index in [1.165, 1.54) is 28.8 Å². The lowest BCUT2D eigenvalue weighted by atomic mass is 9.81. The summed E-state index contributed by atoms with van der Waals surface area (Å²) in [4.78, 5) is 50.1. The van der Waals surface area contributed by atoms with E-state index in [9.17, 15) is 33.8 Å². The van der Waals surface area contributed by atoms with Crippen molar-refractivity contribution in [2.24, 2.45) is 0 Å². The number of aromatic carboxylic acids is 1. The van der Waals surface area contributed by atoms with Gasteiger partial charge in [0, 0.05) is 5.69 Å². The van der Waals surface area contributed by atoms with Crippen molar-refractivity contribution in [3.05, 3.63) is 68.9 Å². The Hall–Kier alpha value is -3.49. The van der Waals surface area contributed by atoms with E-state index < -0.39 is 40.3 Å². The van der Waals surface area contributed by atoms with E-state index in [4.69, 9.17) is 0 Å². The van der Waals surface area contributed by atoms with Crippen LogP contribution in [0.2, 0.25) is 0 Å². The van der Waals surface area contributed by atoms with Crippen LogP contribution >= 0.6 is 0 Å². The topological polar surface area (TPSA) is 126 Å². The van der Waals surface area contributed by atoms with Crippen LogP contribution in [0.5, 0.6) is 0 Å². The SMILES string of the molecule is CCc1c(C(=O)O)cc(C(=O)NC2(C(=O)O)CCCCC2)c(=O)n1Cc1ccc(F)cc1. The number of nitrogens with one attached hydrogen (secondary N) is 1. The first kappa shape index (κ1) is 23.2. The number of carboxylic acids is 2. The van der Waals surface area contributed by atoms with Crippen molar-refractivity contribution in [3.63, 3.8) is 0 Å². The zero-order chi connectivity index (χ0) is 23.5. The summed E-state index contributed by atoms with van der Waals surface area (Å²) in [7, 11) is 0. The molecule has 0 bridgehead atoms. The molecular formula is C23H25FN2O6. The van der Waals surface area contributed by atoms with E-state index in [0.29, 0.717) is 18.4 Å². The monoisotopic (exact) mass is 444 g/mol. The first-order valence-corrected chi connectivity index (χ1v) is 10.5. The van der Waals surface area contributed by atoms with Gasteiger partial charge in [0.2, 0.25) is 0 Å². The molecule has 1 aliphatic carbocycles. The van der Waals surface area contributed by atoms with Gasteiger partial charge in [-0.05, 0) is 43.0 Å². The number of rotatable bonds is 7. The van der Waals surface area contributed by atoms with Gasteiger partial charge in [-0.15, -0.1) is 0 Å². The predicted octanol–water partition coefficient (Wildman–Crippen LogP) is 2.81. The van der Waals surface area contributed by atoms with E-state index in [0.717, 1.165) is 12.5 Å². The second-order valence-corrected chi connectivity index (χ2v) is 8.00. The summed E-state index contributed by atoms with van der Waals surface area (Å²) in [5, 5.41) is 21.9. The maximum absolute atomic E-state index is 13.3. The molecule has 1 amide bonds. The molecule has 0 saturated heterocycles. The van der Waals surface area contributed by atoms with Crippen LogP contribution in [0.3, 0.4) is 0 Å². The van der Waals surface area contributed by atoms with Crippen molar-refractivity contribution >= 4 is 17.8 Å². The number of hydrogen-bond acceptors (Lipinski definition) is 4. The molecule has 3 rings (SSSR count). The van der Waals surface area contributed by atoms with E-state index in [1.807, 2.05) is 0 Å². The highest BCUT2D eigenvalue weighted by atomic mass is 19.1. The molecule has 0 unspecified atom stereocenters. The number of hydrogen-bond donors (Lipinski definition) is 3. The Labute approximate surface area is 183 Å². The lowest BCUT2D eigenvalue weighted by molar-refractivity contribution is -0.145. The van der Waals surface area contributed by atoms with Crippen LogP contribution in [0.4, 0.5) is 4.39 Å². The van der Waals surface area contributed by atoms with Gasteiger partial charge in [-0.3, -0.25) is 9.59 Å². The summed E-state index contributed by atoms with van der Waals surface area (Å²) in [6, 6.07) is 6.39. The minimum Gasteiger partial charge on any atom is -0.480 e. The van der Waals surface area contributed by atoms with Crippen LogP contribution in [0.1, 0.15) is 71.0 Å². The summed E-state index contributed by atoms with van der Waals surface area (Å²) in [5.41, 5.74) is -2.11. The second kappa shape index (κ2) is 9.33. The van der Waals surface area contributed by atoms with Crippen molar-refractivity contribution in [1.82, 2.24) is 9.88 Å². The van der Waals surface area contributed by atoms with E-state index in [1.54, 1.807) is 6.92 Å². The Morgan fingerprint density at radius 1 is 1.06 bits per heavy atom. The van der Waals surface area contributed by atoms with Gasteiger partial charge in [0.05, 0.1) is 12.1 Å². The van der Waals surface area contributed by atoms with Crippen LogP contribution in [-0.2, 0) is 17.8 Å². The van der Waals surface area contributed by atoms with E-state index >= 15 is 0 Å². The standard InChI is InChI=1S/C23H25FN2O6/c1-2-18-16(21(29)30)12-17(19(27)25-23(22(31)32)10-4-3-5-11-23)20(28)26(18)13-14-6-8-15(24)9-7-14/h6-9,12H,2-5,10-11,13H2,1H3,(H,25,27)(H,29,30)(H,31,32). The van der Waals surface area contributed by atoms with E-state index in [2.05, 4.69) is 5.32 Å². The number of carboxylic acid groups (broad SMARTS) is 2. The Morgan fingerprint density at radius 3 is 2.22 bits per heavy atom. The van der Waals surface area contributed by atoms with Gasteiger partial charge in [0.25, 0.3) is 11.5 Å². The Morgan fingerprint density at radius 2 is 1.69 bits per heavy atom. The maximum atomic E-state index is 13.3. The highest BCUT2D eigenvalue weighted by Gasteiger charge is 2.41. The third kappa shape index (κ3) is 4.56. The number of aliphatic carboxylic acids is 1. The largest absolute Gasteiger partial charge is 0.480 e. The van der Waals surface area contributed by atoms with Gasteiger partial charge in [-0.25, -0.2) is 14.0 Å². The van der Waals surface area contributed by atoms with Gasteiger partial charge < -0.3 is 20.1 Å². The molecule has 1 aliphatic rings. The fraction of sp³-hybridized carbons (Fsp3) is 0.391. The molecular weight excluding hydrogens is 419 g/mol. The third-order valence-electron chi connectivity index (χ3n) is 5.93. The molecule has 170 valence electrons. The smallest absolute Gasteiger partial charge is 0.337 e. The van der Waals surface area contributed by atoms with Crippen LogP contribution in [0.15, 0.2) is 35.1 Å². The summed E-state index contributed by atoms with van der Waals surface area (Å²) in [5.74, 6) is -3.87.